The maximum absolute atomic E-state index is 13.1. The highest BCUT2D eigenvalue weighted by Crippen LogP contribution is 2.39. The first-order chi connectivity index (χ1) is 15.4. The molecule has 1 aromatic carbocycles. The predicted molar refractivity (Wildman–Crippen MR) is 107 cm³/mol. The number of hydrogen-bond acceptors (Lipinski definition) is 9. The van der Waals surface area contributed by atoms with Crippen LogP contribution in [0, 0.1) is 0 Å². The Balaban J connectivity index is 2.47. The molecular formula is C19H20F3N3O7S. The molecule has 1 heterocycles. The van der Waals surface area contributed by atoms with Crippen LogP contribution < -0.4 is 0 Å². The molecule has 14 heteroatoms. The Kier molecular flexibility index (Phi) is 8.97. The van der Waals surface area contributed by atoms with E-state index in [1.54, 1.807) is 0 Å². The van der Waals surface area contributed by atoms with Gasteiger partial charge in [-0.05, 0) is 23.7 Å². The summed E-state index contributed by atoms with van der Waals surface area (Å²) >= 11 is 0.770. The summed E-state index contributed by atoms with van der Waals surface area (Å²) in [4.78, 5) is 37.5. The zero-order chi connectivity index (χ0) is 24.8. The number of nitrogens with zero attached hydrogens (tertiary/aromatic N) is 3. The van der Waals surface area contributed by atoms with Crippen molar-refractivity contribution in [1.82, 2.24) is 0 Å². The van der Waals surface area contributed by atoms with Gasteiger partial charge in [0.15, 0.2) is 0 Å². The lowest BCUT2D eigenvalue weighted by atomic mass is 9.97. The van der Waals surface area contributed by atoms with E-state index in [0.29, 0.717) is 0 Å². The van der Waals surface area contributed by atoms with Gasteiger partial charge in [0.1, 0.15) is 36.4 Å². The first-order valence-electron chi connectivity index (χ1n) is 9.43. The van der Waals surface area contributed by atoms with Crippen LogP contribution in [0.3, 0.4) is 0 Å². The molecular weight excluding hydrogens is 471 g/mol. The number of halogens is 3. The molecule has 10 nitrogen and oxygen atoms in total. The van der Waals surface area contributed by atoms with Gasteiger partial charge in [0.25, 0.3) is 0 Å². The van der Waals surface area contributed by atoms with Crippen molar-refractivity contribution >= 4 is 29.7 Å². The van der Waals surface area contributed by atoms with Crippen LogP contribution in [0.25, 0.3) is 10.4 Å². The van der Waals surface area contributed by atoms with Gasteiger partial charge in [-0.1, -0.05) is 22.9 Å². The summed E-state index contributed by atoms with van der Waals surface area (Å²) in [6.45, 7) is 2.87. The highest BCUT2D eigenvalue weighted by molar-refractivity contribution is 7.99. The fourth-order valence-electron chi connectivity index (χ4n) is 3.05. The number of rotatable bonds is 7. The van der Waals surface area contributed by atoms with Gasteiger partial charge in [-0.15, -0.1) is 0 Å². The number of benzene rings is 1. The van der Waals surface area contributed by atoms with Gasteiger partial charge >= 0.3 is 24.1 Å². The summed E-state index contributed by atoms with van der Waals surface area (Å²) in [5, 5.41) is 3.59. The first-order valence-corrected chi connectivity index (χ1v) is 10.3. The second-order valence-electron chi connectivity index (χ2n) is 6.83. The van der Waals surface area contributed by atoms with Gasteiger partial charge in [-0.3, -0.25) is 14.4 Å². The monoisotopic (exact) mass is 491 g/mol. The van der Waals surface area contributed by atoms with E-state index in [2.05, 4.69) is 10.0 Å². The number of alkyl halides is 3. The van der Waals surface area contributed by atoms with Crippen molar-refractivity contribution in [2.24, 2.45) is 5.11 Å². The Bertz CT molecular complexity index is 939. The summed E-state index contributed by atoms with van der Waals surface area (Å²) < 4.78 is 60.6. The standard InChI is InChI=1S/C19H20F3N3O7S/c1-9(26)29-8-14-16(30-10(2)27)15(24-25-23)17(31-11(3)28)18(32-14)33-13-6-4-5-12(7-13)19(20,21)22/h4-7,14-18H,8H2,1-3H3/t14?,15?,16-,17?,18+/m0/s1. The normalized spacial score (nSPS) is 24.8. The average molecular weight is 491 g/mol. The van der Waals surface area contributed by atoms with Crippen LogP contribution in [0.2, 0.25) is 0 Å². The number of ether oxygens (including phenoxy) is 4. The highest BCUT2D eigenvalue weighted by Gasteiger charge is 2.50. The summed E-state index contributed by atoms with van der Waals surface area (Å²) in [6.07, 6.45) is -8.40. The van der Waals surface area contributed by atoms with Gasteiger partial charge < -0.3 is 18.9 Å². The molecule has 1 fully saturated rings. The molecule has 0 aromatic heterocycles. The van der Waals surface area contributed by atoms with Gasteiger partial charge in [0.05, 0.1) is 5.56 Å². The molecule has 0 bridgehead atoms. The number of hydrogen-bond donors (Lipinski definition) is 0. The van der Waals surface area contributed by atoms with Crippen LogP contribution in [-0.4, -0.2) is 54.3 Å². The zero-order valence-electron chi connectivity index (χ0n) is 17.6. The van der Waals surface area contributed by atoms with E-state index >= 15 is 0 Å². The molecule has 1 aromatic rings. The molecule has 0 N–H and O–H groups in total. The van der Waals surface area contributed by atoms with Crippen molar-refractivity contribution in [3.63, 3.8) is 0 Å². The van der Waals surface area contributed by atoms with Crippen molar-refractivity contribution in [2.45, 2.75) is 61.6 Å². The lowest BCUT2D eigenvalue weighted by molar-refractivity contribution is -0.201. The van der Waals surface area contributed by atoms with E-state index in [1.807, 2.05) is 0 Å². The minimum Gasteiger partial charge on any atom is -0.463 e. The molecule has 1 aliphatic heterocycles. The first kappa shape index (κ1) is 26.3. The van der Waals surface area contributed by atoms with E-state index in [-0.39, 0.29) is 4.90 Å². The molecule has 0 radical (unpaired) electrons. The lowest BCUT2D eigenvalue weighted by Crippen LogP contribution is -2.59. The van der Waals surface area contributed by atoms with Crippen LogP contribution in [0.15, 0.2) is 34.3 Å². The van der Waals surface area contributed by atoms with Crippen molar-refractivity contribution in [1.29, 1.82) is 0 Å². The second-order valence-corrected chi connectivity index (χ2v) is 8.00. The Hall–Kier alpha value is -2.96. The Morgan fingerprint density at radius 2 is 1.76 bits per heavy atom. The predicted octanol–water partition coefficient (Wildman–Crippen LogP) is 3.63. The largest absolute Gasteiger partial charge is 0.463 e. The number of esters is 3. The quantitative estimate of drug-likeness (QED) is 0.185. The Morgan fingerprint density at radius 1 is 1.12 bits per heavy atom. The van der Waals surface area contributed by atoms with Crippen molar-refractivity contribution in [3.8, 4) is 0 Å². The molecule has 0 aliphatic carbocycles. The van der Waals surface area contributed by atoms with Crippen molar-refractivity contribution in [2.75, 3.05) is 6.61 Å². The van der Waals surface area contributed by atoms with Crippen LogP contribution in [0.1, 0.15) is 26.3 Å². The Labute approximate surface area is 190 Å². The van der Waals surface area contributed by atoms with Gasteiger partial charge in [-0.2, -0.15) is 13.2 Å². The van der Waals surface area contributed by atoms with E-state index < -0.39 is 66.0 Å². The third-order valence-corrected chi connectivity index (χ3v) is 5.41. The van der Waals surface area contributed by atoms with Crippen molar-refractivity contribution in [3.05, 3.63) is 40.3 Å². The summed E-state index contributed by atoms with van der Waals surface area (Å²) in [5.74, 6) is -2.25. The molecule has 180 valence electrons. The smallest absolute Gasteiger partial charge is 0.416 e. The number of thioether (sulfide) groups is 1. The van der Waals surface area contributed by atoms with Gasteiger partial charge in [-0.25, -0.2) is 0 Å². The highest BCUT2D eigenvalue weighted by atomic mass is 32.2. The maximum Gasteiger partial charge on any atom is 0.416 e. The zero-order valence-corrected chi connectivity index (χ0v) is 18.5. The lowest BCUT2D eigenvalue weighted by Gasteiger charge is -2.43. The number of carbonyl (C=O) groups is 3. The van der Waals surface area contributed by atoms with E-state index in [4.69, 9.17) is 24.5 Å². The molecule has 5 atom stereocenters. The Morgan fingerprint density at radius 3 is 2.30 bits per heavy atom. The summed E-state index contributed by atoms with van der Waals surface area (Å²) in [5.41, 5.74) is 6.94. The third kappa shape index (κ3) is 7.55. The van der Waals surface area contributed by atoms with Gasteiger partial charge in [0.2, 0.25) is 0 Å². The molecule has 0 saturated carbocycles. The fraction of sp³-hybridized carbons (Fsp3) is 0.526. The summed E-state index contributed by atoms with van der Waals surface area (Å²) in [7, 11) is 0. The van der Waals surface area contributed by atoms with Crippen LogP contribution in [0.5, 0.6) is 0 Å². The molecule has 0 amide bonds. The SMILES string of the molecule is CC(=O)OCC1O[C@H](Sc2cccc(C(F)(F)F)c2)C(OC(C)=O)C(N=[N+]=[N-])[C@H]1OC(C)=O. The molecule has 33 heavy (non-hydrogen) atoms. The van der Waals surface area contributed by atoms with Crippen LogP contribution in [0.4, 0.5) is 13.2 Å². The molecule has 2 rings (SSSR count). The van der Waals surface area contributed by atoms with Crippen molar-refractivity contribution < 1.29 is 46.5 Å². The van der Waals surface area contributed by atoms with E-state index in [1.165, 1.54) is 12.1 Å². The van der Waals surface area contributed by atoms with E-state index in [0.717, 1.165) is 44.7 Å². The average Bonchev–Trinajstić information content (AvgIpc) is 2.70. The minimum atomic E-state index is -4.59. The fourth-order valence-corrected chi connectivity index (χ4v) is 4.22. The third-order valence-electron chi connectivity index (χ3n) is 4.27. The number of azide groups is 1. The molecule has 0 spiro atoms. The number of carbonyl (C=O) groups excluding carboxylic acids is 3. The van der Waals surface area contributed by atoms with Crippen LogP contribution in [-0.2, 0) is 39.5 Å². The summed E-state index contributed by atoms with van der Waals surface area (Å²) in [6, 6.07) is 3.02. The van der Waals surface area contributed by atoms with Crippen LogP contribution >= 0.6 is 11.8 Å². The molecule has 1 aliphatic rings. The van der Waals surface area contributed by atoms with Gasteiger partial charge in [0, 0.05) is 30.6 Å². The maximum atomic E-state index is 13.1. The second kappa shape index (κ2) is 11.3. The van der Waals surface area contributed by atoms with E-state index in [9.17, 15) is 27.6 Å². The minimum absolute atomic E-state index is 0.115. The molecule has 1 saturated heterocycles. The topological polar surface area (TPSA) is 137 Å². The molecule has 3 unspecified atom stereocenters.